The fourth-order valence-electron chi connectivity index (χ4n) is 2.10. The minimum atomic E-state index is -4.71. The summed E-state index contributed by atoms with van der Waals surface area (Å²) in [5, 5.41) is 0. The Bertz CT molecular complexity index is 852. The number of nitrogens with zero attached hydrogens (tertiary/aromatic N) is 2. The molecule has 0 N–H and O–H groups in total. The molecule has 23 heavy (non-hydrogen) atoms. The van der Waals surface area contributed by atoms with Crippen molar-refractivity contribution in [2.45, 2.75) is 6.36 Å². The van der Waals surface area contributed by atoms with E-state index in [2.05, 4.69) is 14.7 Å². The lowest BCUT2D eigenvalue weighted by molar-refractivity contribution is -0.274. The van der Waals surface area contributed by atoms with E-state index in [1.807, 2.05) is 12.1 Å². The van der Waals surface area contributed by atoms with Crippen LogP contribution < -0.4 is 4.74 Å². The first kappa shape index (κ1) is 15.1. The maximum Gasteiger partial charge on any atom is 0.573 e. The number of aromatic nitrogens is 1. The summed E-state index contributed by atoms with van der Waals surface area (Å²) in [6.07, 6.45) is -3.02. The lowest BCUT2D eigenvalue weighted by Gasteiger charge is -2.08. The van der Waals surface area contributed by atoms with Crippen LogP contribution in [0.5, 0.6) is 5.75 Å². The van der Waals surface area contributed by atoms with Gasteiger partial charge in [-0.3, -0.25) is 4.99 Å². The Morgan fingerprint density at radius 2 is 1.87 bits per heavy atom. The Balaban J connectivity index is 1.90. The molecule has 1 aromatic heterocycles. The predicted octanol–water partition coefficient (Wildman–Crippen LogP) is 4.44. The molecule has 4 nitrogen and oxygen atoms in total. The van der Waals surface area contributed by atoms with E-state index in [9.17, 15) is 13.2 Å². The molecule has 0 amide bonds. The quantitative estimate of drug-likeness (QED) is 0.670. The Hall–Kier alpha value is -2.83. The molecule has 3 aromatic rings. The van der Waals surface area contributed by atoms with Gasteiger partial charge in [-0.1, -0.05) is 0 Å². The lowest BCUT2D eigenvalue weighted by atomic mass is 10.2. The van der Waals surface area contributed by atoms with Crippen LogP contribution in [0.1, 0.15) is 5.56 Å². The molecule has 0 radical (unpaired) electrons. The molecule has 0 saturated heterocycles. The number of ether oxygens (including phenoxy) is 1. The Kier molecular flexibility index (Phi) is 3.77. The molecule has 0 aliphatic rings. The summed E-state index contributed by atoms with van der Waals surface area (Å²) < 4.78 is 45.9. The number of rotatable bonds is 3. The molecule has 0 bridgehead atoms. The van der Waals surface area contributed by atoms with Gasteiger partial charge in [-0.15, -0.1) is 13.2 Å². The average molecular weight is 320 g/mol. The molecule has 0 fully saturated rings. The summed E-state index contributed by atoms with van der Waals surface area (Å²) in [7, 11) is 1.67. The standard InChI is InChI=1S/C16H11F3N2O2/c1-20-9-10-2-7-14-13(8-10)21-15(22-14)11-3-5-12(6-4-11)23-16(17,18)19/h2-9H,1H3. The van der Waals surface area contributed by atoms with E-state index >= 15 is 0 Å². The first-order chi connectivity index (χ1) is 10.9. The molecule has 0 aliphatic carbocycles. The fourth-order valence-corrected chi connectivity index (χ4v) is 2.10. The van der Waals surface area contributed by atoms with Crippen molar-refractivity contribution in [1.82, 2.24) is 4.98 Å². The summed E-state index contributed by atoms with van der Waals surface area (Å²) in [6.45, 7) is 0. The smallest absolute Gasteiger partial charge is 0.436 e. The molecule has 3 rings (SSSR count). The largest absolute Gasteiger partial charge is 0.573 e. The van der Waals surface area contributed by atoms with Crippen LogP contribution >= 0.6 is 0 Å². The molecule has 0 atom stereocenters. The van der Waals surface area contributed by atoms with Gasteiger partial charge in [-0.25, -0.2) is 4.98 Å². The summed E-state index contributed by atoms with van der Waals surface area (Å²) in [6, 6.07) is 10.8. The summed E-state index contributed by atoms with van der Waals surface area (Å²) in [5.41, 5.74) is 2.67. The molecule has 118 valence electrons. The molecular weight excluding hydrogens is 309 g/mol. The zero-order valence-electron chi connectivity index (χ0n) is 12.0. The topological polar surface area (TPSA) is 47.6 Å². The van der Waals surface area contributed by atoms with E-state index < -0.39 is 6.36 Å². The number of oxazole rings is 1. The second kappa shape index (κ2) is 5.75. The maximum absolute atomic E-state index is 12.1. The fraction of sp³-hybridized carbons (Fsp3) is 0.125. The number of benzene rings is 2. The highest BCUT2D eigenvalue weighted by Gasteiger charge is 2.31. The number of halogens is 3. The second-order valence-electron chi connectivity index (χ2n) is 4.71. The number of alkyl halides is 3. The van der Waals surface area contributed by atoms with Gasteiger partial charge >= 0.3 is 6.36 Å². The summed E-state index contributed by atoms with van der Waals surface area (Å²) >= 11 is 0. The number of fused-ring (bicyclic) bond motifs is 1. The minimum absolute atomic E-state index is 0.293. The first-order valence-electron chi connectivity index (χ1n) is 6.63. The highest BCUT2D eigenvalue weighted by Crippen LogP contribution is 2.28. The maximum atomic E-state index is 12.1. The van der Waals surface area contributed by atoms with Gasteiger partial charge < -0.3 is 9.15 Å². The normalized spacial score (nSPS) is 12.2. The van der Waals surface area contributed by atoms with Crippen molar-refractivity contribution < 1.29 is 22.3 Å². The van der Waals surface area contributed by atoms with E-state index in [1.54, 1.807) is 19.3 Å². The Morgan fingerprint density at radius 1 is 1.13 bits per heavy atom. The van der Waals surface area contributed by atoms with Gasteiger partial charge in [0.05, 0.1) is 0 Å². The highest BCUT2D eigenvalue weighted by molar-refractivity contribution is 5.87. The van der Waals surface area contributed by atoms with Gasteiger partial charge in [0.25, 0.3) is 0 Å². The van der Waals surface area contributed by atoms with Gasteiger partial charge in [0, 0.05) is 18.8 Å². The lowest BCUT2D eigenvalue weighted by Crippen LogP contribution is -2.16. The predicted molar refractivity (Wildman–Crippen MR) is 79.6 cm³/mol. The van der Waals surface area contributed by atoms with Crippen molar-refractivity contribution >= 4 is 17.3 Å². The molecule has 2 aromatic carbocycles. The monoisotopic (exact) mass is 320 g/mol. The van der Waals surface area contributed by atoms with E-state index in [-0.39, 0.29) is 5.75 Å². The Morgan fingerprint density at radius 3 is 2.52 bits per heavy atom. The number of hydrogen-bond donors (Lipinski definition) is 0. The van der Waals surface area contributed by atoms with Crippen molar-refractivity contribution in [1.29, 1.82) is 0 Å². The molecule has 0 saturated carbocycles. The van der Waals surface area contributed by atoms with E-state index in [0.717, 1.165) is 5.56 Å². The van der Waals surface area contributed by atoms with Crippen LogP contribution in [0, 0.1) is 0 Å². The van der Waals surface area contributed by atoms with Crippen molar-refractivity contribution in [2.24, 2.45) is 4.99 Å². The van der Waals surface area contributed by atoms with Gasteiger partial charge in [0.2, 0.25) is 5.89 Å². The van der Waals surface area contributed by atoms with Crippen molar-refractivity contribution in [2.75, 3.05) is 7.05 Å². The Labute approximate surface area is 129 Å². The van der Waals surface area contributed by atoms with Gasteiger partial charge in [0.15, 0.2) is 5.58 Å². The zero-order chi connectivity index (χ0) is 16.4. The molecular formula is C16H11F3N2O2. The van der Waals surface area contributed by atoms with Crippen LogP contribution in [0.4, 0.5) is 13.2 Å². The highest BCUT2D eigenvalue weighted by atomic mass is 19.4. The first-order valence-corrected chi connectivity index (χ1v) is 6.63. The van der Waals surface area contributed by atoms with Crippen LogP contribution in [0.15, 0.2) is 51.9 Å². The van der Waals surface area contributed by atoms with E-state index in [0.29, 0.717) is 22.6 Å². The third kappa shape index (κ3) is 3.50. The van der Waals surface area contributed by atoms with Crippen LogP contribution in [-0.2, 0) is 0 Å². The van der Waals surface area contributed by atoms with Crippen LogP contribution in [0.2, 0.25) is 0 Å². The third-order valence-electron chi connectivity index (χ3n) is 3.02. The molecule has 1 heterocycles. The second-order valence-corrected chi connectivity index (χ2v) is 4.71. The van der Waals surface area contributed by atoms with Crippen LogP contribution in [-0.4, -0.2) is 24.6 Å². The summed E-state index contributed by atoms with van der Waals surface area (Å²) in [4.78, 5) is 8.27. The molecule has 7 heteroatoms. The van der Waals surface area contributed by atoms with Crippen molar-refractivity contribution in [3.63, 3.8) is 0 Å². The average Bonchev–Trinajstić information content (AvgIpc) is 2.90. The van der Waals surface area contributed by atoms with E-state index in [1.165, 1.54) is 24.3 Å². The van der Waals surface area contributed by atoms with Crippen LogP contribution in [0.3, 0.4) is 0 Å². The molecule has 0 unspecified atom stereocenters. The van der Waals surface area contributed by atoms with E-state index in [4.69, 9.17) is 4.42 Å². The SMILES string of the molecule is CN=Cc1ccc2oc(-c3ccc(OC(F)(F)F)cc3)nc2c1. The minimum Gasteiger partial charge on any atom is -0.436 e. The zero-order valence-corrected chi connectivity index (χ0v) is 12.0. The summed E-state index contributed by atoms with van der Waals surface area (Å²) in [5.74, 6) is 0.0305. The third-order valence-corrected chi connectivity index (χ3v) is 3.02. The number of aliphatic imine (C=N–C) groups is 1. The van der Waals surface area contributed by atoms with Crippen LogP contribution in [0.25, 0.3) is 22.6 Å². The van der Waals surface area contributed by atoms with Gasteiger partial charge in [-0.05, 0) is 48.0 Å². The van der Waals surface area contributed by atoms with Crippen molar-refractivity contribution in [3.05, 3.63) is 48.0 Å². The van der Waals surface area contributed by atoms with Crippen molar-refractivity contribution in [3.8, 4) is 17.2 Å². The van der Waals surface area contributed by atoms with Gasteiger partial charge in [0.1, 0.15) is 11.3 Å². The van der Waals surface area contributed by atoms with Gasteiger partial charge in [-0.2, -0.15) is 0 Å². The molecule has 0 aliphatic heterocycles. The number of hydrogen-bond acceptors (Lipinski definition) is 4. The molecule has 0 spiro atoms.